The summed E-state index contributed by atoms with van der Waals surface area (Å²) < 4.78 is 39.0. The van der Waals surface area contributed by atoms with Crippen LogP contribution >= 0.6 is 0 Å². The number of hydrogen-bond donors (Lipinski definition) is 2. The van der Waals surface area contributed by atoms with Crippen LogP contribution in [-0.2, 0) is 6.18 Å². The van der Waals surface area contributed by atoms with Crippen molar-refractivity contribution in [1.29, 1.82) is 0 Å². The number of nitrogens with one attached hydrogen (secondary N) is 2. The molecule has 140 valence electrons. The van der Waals surface area contributed by atoms with Gasteiger partial charge < -0.3 is 10.6 Å². The van der Waals surface area contributed by atoms with Crippen LogP contribution in [0, 0.1) is 6.92 Å². The maximum absolute atomic E-state index is 13.0. The molecule has 2 aromatic rings. The van der Waals surface area contributed by atoms with Crippen LogP contribution in [0.15, 0.2) is 24.3 Å². The highest BCUT2D eigenvalue weighted by molar-refractivity contribution is 5.63. The van der Waals surface area contributed by atoms with E-state index in [0.29, 0.717) is 23.4 Å². The van der Waals surface area contributed by atoms with Crippen molar-refractivity contribution in [2.45, 2.75) is 58.2 Å². The van der Waals surface area contributed by atoms with Gasteiger partial charge in [0, 0.05) is 23.2 Å². The first-order valence-electron chi connectivity index (χ1n) is 8.63. The molecule has 3 rings (SSSR count). The number of nitrogens with zero attached hydrogens (tertiary/aromatic N) is 2. The molecule has 1 aliphatic carbocycles. The summed E-state index contributed by atoms with van der Waals surface area (Å²) in [4.78, 5) is 9.00. The molecule has 0 saturated heterocycles. The van der Waals surface area contributed by atoms with Crippen molar-refractivity contribution < 1.29 is 13.2 Å². The fourth-order valence-corrected chi connectivity index (χ4v) is 2.58. The van der Waals surface area contributed by atoms with E-state index in [1.165, 1.54) is 6.07 Å². The monoisotopic (exact) mass is 364 g/mol. The lowest BCUT2D eigenvalue weighted by molar-refractivity contribution is -0.137. The summed E-state index contributed by atoms with van der Waals surface area (Å²) in [6.45, 7) is 7.78. The SMILES string of the molecule is Cc1ccc(C(F)(F)F)cc1Nc1cc(C2CC2)nc(NC(C)(C)C)n1. The Kier molecular flexibility index (Phi) is 4.58. The molecular formula is C19H23F3N4. The van der Waals surface area contributed by atoms with Gasteiger partial charge in [-0.05, 0) is 58.2 Å². The van der Waals surface area contributed by atoms with Crippen molar-refractivity contribution in [3.8, 4) is 0 Å². The molecule has 1 aliphatic rings. The minimum Gasteiger partial charge on any atom is -0.350 e. The summed E-state index contributed by atoms with van der Waals surface area (Å²) >= 11 is 0. The summed E-state index contributed by atoms with van der Waals surface area (Å²) in [6.07, 6.45) is -2.23. The number of anilines is 3. The van der Waals surface area contributed by atoms with E-state index >= 15 is 0 Å². The van der Waals surface area contributed by atoms with Crippen LogP contribution in [0.2, 0.25) is 0 Å². The van der Waals surface area contributed by atoms with E-state index in [2.05, 4.69) is 20.6 Å². The molecule has 1 aromatic heterocycles. The molecule has 0 spiro atoms. The molecule has 0 amide bonds. The summed E-state index contributed by atoms with van der Waals surface area (Å²) in [5.74, 6) is 1.38. The van der Waals surface area contributed by atoms with Gasteiger partial charge in [0.15, 0.2) is 0 Å². The lowest BCUT2D eigenvalue weighted by Crippen LogP contribution is -2.27. The predicted octanol–water partition coefficient (Wildman–Crippen LogP) is 5.64. The molecule has 0 atom stereocenters. The number of alkyl halides is 3. The second-order valence-electron chi connectivity index (χ2n) is 7.80. The molecule has 7 heteroatoms. The molecule has 1 saturated carbocycles. The van der Waals surface area contributed by atoms with E-state index in [0.717, 1.165) is 36.2 Å². The first-order chi connectivity index (χ1) is 12.0. The van der Waals surface area contributed by atoms with E-state index in [9.17, 15) is 13.2 Å². The maximum Gasteiger partial charge on any atom is 0.416 e. The van der Waals surface area contributed by atoms with Crippen LogP contribution in [0.25, 0.3) is 0 Å². The van der Waals surface area contributed by atoms with Gasteiger partial charge in [-0.15, -0.1) is 0 Å². The molecule has 4 nitrogen and oxygen atoms in total. The molecular weight excluding hydrogens is 341 g/mol. The third-order valence-corrected chi connectivity index (χ3v) is 4.06. The molecule has 1 heterocycles. The Hall–Kier alpha value is -2.31. The van der Waals surface area contributed by atoms with Gasteiger partial charge in [-0.2, -0.15) is 18.2 Å². The Balaban J connectivity index is 1.94. The molecule has 1 fully saturated rings. The molecule has 0 radical (unpaired) electrons. The largest absolute Gasteiger partial charge is 0.416 e. The van der Waals surface area contributed by atoms with E-state index in [-0.39, 0.29) is 5.54 Å². The molecule has 1 aromatic carbocycles. The number of aromatic nitrogens is 2. The Morgan fingerprint density at radius 1 is 1.04 bits per heavy atom. The summed E-state index contributed by atoms with van der Waals surface area (Å²) in [7, 11) is 0. The lowest BCUT2D eigenvalue weighted by Gasteiger charge is -2.21. The van der Waals surface area contributed by atoms with E-state index < -0.39 is 11.7 Å². The quantitative estimate of drug-likeness (QED) is 0.738. The number of aryl methyl sites for hydroxylation is 1. The Morgan fingerprint density at radius 3 is 2.31 bits per heavy atom. The van der Waals surface area contributed by atoms with Crippen LogP contribution < -0.4 is 10.6 Å². The van der Waals surface area contributed by atoms with Crippen LogP contribution in [0.5, 0.6) is 0 Å². The molecule has 0 unspecified atom stereocenters. The zero-order valence-electron chi connectivity index (χ0n) is 15.3. The smallest absolute Gasteiger partial charge is 0.350 e. The van der Waals surface area contributed by atoms with Gasteiger partial charge in [-0.1, -0.05) is 6.07 Å². The molecule has 0 aliphatic heterocycles. The molecule has 2 N–H and O–H groups in total. The van der Waals surface area contributed by atoms with E-state index in [1.54, 1.807) is 6.92 Å². The average Bonchev–Trinajstić information content (AvgIpc) is 3.31. The standard InChI is InChI=1S/C19H23F3N4/c1-11-5-8-13(19(20,21)22)9-14(11)23-16-10-15(12-6-7-12)24-17(25-16)26-18(2,3)4/h5,8-10,12H,6-7H2,1-4H3,(H2,23,24,25,26). The predicted molar refractivity (Wildman–Crippen MR) is 96.8 cm³/mol. The Labute approximate surface area is 151 Å². The summed E-state index contributed by atoms with van der Waals surface area (Å²) in [6, 6.07) is 5.49. The van der Waals surface area contributed by atoms with Crippen molar-refractivity contribution in [2.24, 2.45) is 0 Å². The van der Waals surface area contributed by atoms with E-state index in [4.69, 9.17) is 0 Å². The van der Waals surface area contributed by atoms with Crippen molar-refractivity contribution in [1.82, 2.24) is 9.97 Å². The van der Waals surface area contributed by atoms with Gasteiger partial charge >= 0.3 is 6.18 Å². The highest BCUT2D eigenvalue weighted by Gasteiger charge is 2.31. The van der Waals surface area contributed by atoms with Crippen molar-refractivity contribution in [2.75, 3.05) is 10.6 Å². The second-order valence-corrected chi connectivity index (χ2v) is 7.80. The second kappa shape index (κ2) is 6.45. The highest BCUT2D eigenvalue weighted by atomic mass is 19.4. The number of benzene rings is 1. The first-order valence-corrected chi connectivity index (χ1v) is 8.63. The van der Waals surface area contributed by atoms with Crippen molar-refractivity contribution in [3.05, 3.63) is 41.1 Å². The van der Waals surface area contributed by atoms with Crippen LogP contribution in [-0.4, -0.2) is 15.5 Å². The van der Waals surface area contributed by atoms with E-state index in [1.807, 2.05) is 26.8 Å². The fourth-order valence-electron chi connectivity index (χ4n) is 2.58. The summed E-state index contributed by atoms with van der Waals surface area (Å²) in [5, 5.41) is 6.28. The van der Waals surface area contributed by atoms with Crippen LogP contribution in [0.3, 0.4) is 0 Å². The molecule has 0 bridgehead atoms. The number of hydrogen-bond acceptors (Lipinski definition) is 4. The maximum atomic E-state index is 13.0. The minimum atomic E-state index is -4.38. The minimum absolute atomic E-state index is 0.217. The van der Waals surface area contributed by atoms with Gasteiger partial charge in [-0.25, -0.2) is 4.98 Å². The third-order valence-electron chi connectivity index (χ3n) is 4.06. The van der Waals surface area contributed by atoms with Crippen molar-refractivity contribution in [3.63, 3.8) is 0 Å². The van der Waals surface area contributed by atoms with Crippen molar-refractivity contribution >= 4 is 17.5 Å². The average molecular weight is 364 g/mol. The Bertz CT molecular complexity index is 805. The lowest BCUT2D eigenvalue weighted by atomic mass is 10.1. The zero-order valence-corrected chi connectivity index (χ0v) is 15.3. The van der Waals surface area contributed by atoms with Gasteiger partial charge in [0.1, 0.15) is 5.82 Å². The molecule has 26 heavy (non-hydrogen) atoms. The Morgan fingerprint density at radius 2 is 1.73 bits per heavy atom. The number of halogens is 3. The normalized spacial score (nSPS) is 15.0. The van der Waals surface area contributed by atoms with Gasteiger partial charge in [0.05, 0.1) is 11.3 Å². The first kappa shape index (κ1) is 18.5. The van der Waals surface area contributed by atoms with Crippen LogP contribution in [0.4, 0.5) is 30.6 Å². The number of rotatable bonds is 4. The third kappa shape index (κ3) is 4.65. The van der Waals surface area contributed by atoms with Gasteiger partial charge in [0.25, 0.3) is 0 Å². The van der Waals surface area contributed by atoms with Gasteiger partial charge in [-0.3, -0.25) is 0 Å². The zero-order chi connectivity index (χ0) is 19.1. The highest BCUT2D eigenvalue weighted by Crippen LogP contribution is 2.40. The van der Waals surface area contributed by atoms with Gasteiger partial charge in [0.2, 0.25) is 5.95 Å². The fraction of sp³-hybridized carbons (Fsp3) is 0.474. The topological polar surface area (TPSA) is 49.8 Å². The van der Waals surface area contributed by atoms with Crippen LogP contribution in [0.1, 0.15) is 56.4 Å². The summed E-state index contributed by atoms with van der Waals surface area (Å²) in [5.41, 5.74) is 1.12.